The van der Waals surface area contributed by atoms with Gasteiger partial charge in [-0.1, -0.05) is 265 Å². The fraction of sp³-hybridized carbons (Fsp3) is 0.461. The molecule has 9 aromatic carbocycles. The number of nitrogens with zero attached hydrogens (tertiary/aromatic N) is 10. The van der Waals surface area contributed by atoms with Crippen molar-refractivity contribution in [2.45, 2.75) is 337 Å². The number of benzene rings is 9. The number of aromatic nitrogens is 6. The van der Waals surface area contributed by atoms with Crippen molar-refractivity contribution in [3.63, 3.8) is 0 Å². The van der Waals surface area contributed by atoms with Crippen LogP contribution in [0.15, 0.2) is 195 Å². The molecule has 2 aliphatic rings. The molecule has 11 aromatic rings. The van der Waals surface area contributed by atoms with Crippen LogP contribution in [0.1, 0.15) is 310 Å². The Labute approximate surface area is 832 Å². The van der Waals surface area contributed by atoms with E-state index in [2.05, 4.69) is 246 Å². The molecule has 4 atom stereocenters. The first-order valence-electron chi connectivity index (χ1n) is 49.0. The second kappa shape index (κ2) is 47.6. The molecule has 21 nitrogen and oxygen atoms in total. The maximum absolute atomic E-state index is 11.6. The topological polar surface area (TPSA) is 283 Å². The molecule has 2 fully saturated rings. The number of hydrogen-bond acceptors (Lipinski definition) is 18. The molecule has 2 saturated carbocycles. The third-order valence-corrected chi connectivity index (χ3v) is 26.3. The molecular formula is C115H150CoN10O11S. The molecule has 13 rings (SSSR count). The van der Waals surface area contributed by atoms with Gasteiger partial charge in [-0.15, -0.1) is 10.2 Å². The average Bonchev–Trinajstić information content (AvgIpc) is 1.68. The fourth-order valence-electron chi connectivity index (χ4n) is 17.2. The summed E-state index contributed by atoms with van der Waals surface area (Å²) < 4.78 is 58.2. The minimum absolute atomic E-state index is 0. The predicted molar refractivity (Wildman–Crippen MR) is 558 cm³/mol. The van der Waals surface area contributed by atoms with Crippen molar-refractivity contribution in [1.29, 1.82) is 0 Å². The molecule has 0 bridgehead atoms. The normalized spacial score (nSPS) is 15.8. The number of aryl methyl sites for hydroxylation is 7. The van der Waals surface area contributed by atoms with Crippen molar-refractivity contribution < 1.29 is 69.1 Å². The summed E-state index contributed by atoms with van der Waals surface area (Å²) in [5.41, 5.74) is 18.4. The van der Waals surface area contributed by atoms with Crippen LogP contribution in [0, 0.1) is 20.8 Å². The second-order valence-electron chi connectivity index (χ2n) is 43.1. The Bertz CT molecular complexity index is 5790. The molecule has 0 amide bonds. The van der Waals surface area contributed by atoms with Crippen molar-refractivity contribution in [3.05, 3.63) is 265 Å². The van der Waals surface area contributed by atoms with E-state index in [1.807, 2.05) is 114 Å². The van der Waals surface area contributed by atoms with Gasteiger partial charge in [-0.25, -0.2) is 0 Å². The Morgan fingerprint density at radius 1 is 0.399 bits per heavy atom. The van der Waals surface area contributed by atoms with Gasteiger partial charge in [0.15, 0.2) is 0 Å². The molecule has 23 heteroatoms. The number of aliphatic imine (C=N–C) groups is 4. The zero-order chi connectivity index (χ0) is 99.5. The summed E-state index contributed by atoms with van der Waals surface area (Å²) in [6, 6.07) is 51.0. The van der Waals surface area contributed by atoms with Gasteiger partial charge >= 0.3 is 0 Å². The van der Waals surface area contributed by atoms with Crippen LogP contribution in [0.4, 0.5) is 0 Å². The van der Waals surface area contributed by atoms with Gasteiger partial charge in [0.25, 0.3) is 10.1 Å². The van der Waals surface area contributed by atoms with Crippen molar-refractivity contribution >= 4 is 35.0 Å². The molecule has 1 radical (unpaired) electrons. The smallest absolute Gasteiger partial charge is 0.294 e. The Morgan fingerprint density at radius 2 is 0.717 bits per heavy atom. The molecule has 5 N–H and O–H groups in total. The van der Waals surface area contributed by atoms with Crippen LogP contribution < -0.4 is 18.9 Å². The molecule has 0 spiro atoms. The van der Waals surface area contributed by atoms with E-state index in [1.165, 1.54) is 23.3 Å². The average molecular weight is 1940 g/mol. The van der Waals surface area contributed by atoms with Gasteiger partial charge in [0.05, 0.1) is 54.7 Å². The maximum atomic E-state index is 11.6. The van der Waals surface area contributed by atoms with Crippen LogP contribution >= 0.6 is 0 Å². The van der Waals surface area contributed by atoms with Gasteiger partial charge in [-0.2, -0.15) is 8.42 Å². The number of phenolic OH excluding ortho intramolecular Hbond substituents is 4. The first kappa shape index (κ1) is 109. The standard InChI is InChI=1S/2C54H71N5O4.C7H8O3S.Co/c2*1-12-38-29-43(63-35-37-20-14-13-15-21-37)26-36(2)51(38)62-25-19-18-24-59-34-48(57-58-59)39-27-40(49(60)44(30-39)53(6,7)8)32-55-46-22-16-17-23-47(46)56-33-41-28-42(52(3,4)5)31-45(50(41)61)54(9,10)11;1-6-2-4-7(5-3-6)11(8,9)10;/h2*13-15,20-21,26-34,46-47,60-61H,12,16-19,22-25,35H2,1-11H3;2-5H,1H3,(H,8,9,10);/t2*46-,47+;;/m00../s1. The van der Waals surface area contributed by atoms with E-state index in [0.717, 1.165) is 208 Å². The third-order valence-electron chi connectivity index (χ3n) is 25.5. The Kier molecular flexibility index (Phi) is 37.5. The molecule has 0 aliphatic heterocycles. The zero-order valence-corrected chi connectivity index (χ0v) is 87.7. The number of aromatic hydroxyl groups is 4. The van der Waals surface area contributed by atoms with Crippen molar-refractivity contribution in [3.8, 4) is 68.5 Å². The molecule has 138 heavy (non-hydrogen) atoms. The third kappa shape index (κ3) is 30.4. The summed E-state index contributed by atoms with van der Waals surface area (Å²) in [6.07, 6.45) is 24.5. The number of unbranched alkanes of at least 4 members (excludes halogenated alkanes) is 2. The largest absolute Gasteiger partial charge is 0.507 e. The number of rotatable bonds is 31. The van der Waals surface area contributed by atoms with E-state index >= 15 is 0 Å². The molecule has 0 saturated heterocycles. The van der Waals surface area contributed by atoms with E-state index in [0.29, 0.717) is 62.1 Å². The summed E-state index contributed by atoms with van der Waals surface area (Å²) in [4.78, 5) is 20.3. The first-order valence-corrected chi connectivity index (χ1v) is 50.4. The van der Waals surface area contributed by atoms with E-state index in [-0.39, 0.29) is 89.8 Å². The molecule has 741 valence electrons. The summed E-state index contributed by atoms with van der Waals surface area (Å²) in [6.45, 7) is 52.6. The molecule has 0 unspecified atom stereocenters. The quantitative estimate of drug-likeness (QED) is 0.0153. The van der Waals surface area contributed by atoms with Crippen LogP contribution in [0.3, 0.4) is 0 Å². The van der Waals surface area contributed by atoms with Crippen LogP contribution in [-0.4, -0.2) is 126 Å². The summed E-state index contributed by atoms with van der Waals surface area (Å²) in [5.74, 6) is 4.65. The number of hydrogen-bond donors (Lipinski definition) is 5. The monoisotopic (exact) mass is 1940 g/mol. The van der Waals surface area contributed by atoms with Gasteiger partial charge < -0.3 is 39.4 Å². The van der Waals surface area contributed by atoms with Crippen LogP contribution in [0.2, 0.25) is 0 Å². The predicted octanol–water partition coefficient (Wildman–Crippen LogP) is 26.1. The Balaban J connectivity index is 0.000000254. The zero-order valence-electron chi connectivity index (χ0n) is 85.8. The van der Waals surface area contributed by atoms with Crippen molar-refractivity contribution in [2.75, 3.05) is 13.2 Å². The molecule has 2 aliphatic carbocycles. The molecule has 2 aromatic heterocycles. The first-order chi connectivity index (χ1) is 64.6. The Hall–Kier alpha value is -11.2. The van der Waals surface area contributed by atoms with E-state index in [9.17, 15) is 28.8 Å². The van der Waals surface area contributed by atoms with Crippen LogP contribution in [-0.2, 0) is 98.5 Å². The van der Waals surface area contributed by atoms with Gasteiger partial charge in [-0.3, -0.25) is 33.9 Å². The Morgan fingerprint density at radius 3 is 1.02 bits per heavy atom. The number of phenols is 4. The summed E-state index contributed by atoms with van der Waals surface area (Å²) in [7, 11) is -4.02. The molecular weight excluding hydrogens is 1790 g/mol. The van der Waals surface area contributed by atoms with E-state index in [4.69, 9.17) is 43.5 Å². The fourth-order valence-corrected chi connectivity index (χ4v) is 17.6. The van der Waals surface area contributed by atoms with E-state index in [1.54, 1.807) is 12.1 Å². The van der Waals surface area contributed by atoms with Gasteiger partial charge in [0.1, 0.15) is 70.6 Å². The SMILES string of the molecule is CCc1cc(OCc2ccccc2)cc(C)c1OCCCCn1cc(-c2cc(C=N[C@H]3CCCC[C@H]3N=Cc3cc(C(C)(C)C)cc(C(C)(C)C)c3O)c(O)c(C(C)(C)C)c2)nn1.CCc1cc(OCc2ccccc2)cc(C)c1OCCCCn1cc(-c2cc(C=N[C@H]3CCCC[C@H]3N=Cc3cc(C(C)(C)C)cc(C(C)(C)C)c3O)c(O)c(C(C)(C)C)c2)nn1.Cc1ccc(S(=O)(=O)O)cc1.[Co]. The van der Waals surface area contributed by atoms with Gasteiger partial charge in [0.2, 0.25) is 0 Å². The van der Waals surface area contributed by atoms with Crippen LogP contribution in [0.25, 0.3) is 22.5 Å². The number of ether oxygens (including phenoxy) is 4. The van der Waals surface area contributed by atoms with Gasteiger partial charge in [0, 0.05) is 110 Å². The summed E-state index contributed by atoms with van der Waals surface area (Å²) >= 11 is 0. The second-order valence-corrected chi connectivity index (χ2v) is 44.6. The van der Waals surface area contributed by atoms with Crippen molar-refractivity contribution in [1.82, 2.24) is 30.0 Å². The van der Waals surface area contributed by atoms with E-state index < -0.39 is 10.1 Å². The minimum atomic E-state index is -4.02. The minimum Gasteiger partial charge on any atom is -0.507 e. The van der Waals surface area contributed by atoms with Crippen molar-refractivity contribution in [2.24, 2.45) is 20.0 Å². The molecule has 2 heterocycles. The van der Waals surface area contributed by atoms with Crippen LogP contribution in [0.5, 0.6) is 46.0 Å². The van der Waals surface area contributed by atoms with Gasteiger partial charge in [-0.05, 0) is 235 Å². The summed E-state index contributed by atoms with van der Waals surface area (Å²) in [5, 5.41) is 64.2. The maximum Gasteiger partial charge on any atom is 0.294 e.